The average Bonchev–Trinajstić information content (AvgIpc) is 2.77. The number of Topliss-reactive ketones (excluding diaryl/α,β-unsaturated/α-hetero) is 1. The topological polar surface area (TPSA) is 90.9 Å². The standard InChI is InChI=1S/C23H25NO6/c1-2-13-29-22(26)14-21(25)20(17-28-15-18-9-5-3-6-10-18)24-23(27)30-16-19-11-7-4-8-12-19/h2-12,20H,1,13-17H2,(H,24,27)/t20-/m0/s1. The molecule has 1 N–H and O–H groups in total. The van der Waals surface area contributed by atoms with E-state index in [2.05, 4.69) is 11.9 Å². The fourth-order valence-corrected chi connectivity index (χ4v) is 2.46. The minimum atomic E-state index is -1.05. The Morgan fingerprint density at radius 1 is 0.900 bits per heavy atom. The summed E-state index contributed by atoms with van der Waals surface area (Å²) in [4.78, 5) is 36.4. The van der Waals surface area contributed by atoms with E-state index in [1.54, 1.807) is 0 Å². The van der Waals surface area contributed by atoms with Gasteiger partial charge in [-0.15, -0.1) is 0 Å². The van der Waals surface area contributed by atoms with Gasteiger partial charge in [0.05, 0.1) is 13.2 Å². The molecule has 0 fully saturated rings. The third kappa shape index (κ3) is 8.70. The maximum absolute atomic E-state index is 12.5. The molecule has 1 atom stereocenters. The average molecular weight is 411 g/mol. The van der Waals surface area contributed by atoms with E-state index in [0.717, 1.165) is 11.1 Å². The first-order chi connectivity index (χ1) is 14.6. The Morgan fingerprint density at radius 3 is 2.10 bits per heavy atom. The van der Waals surface area contributed by atoms with Crippen molar-refractivity contribution in [3.8, 4) is 0 Å². The number of alkyl carbamates (subject to hydrolysis) is 1. The van der Waals surface area contributed by atoms with Crippen molar-refractivity contribution < 1.29 is 28.6 Å². The second-order valence-corrected chi connectivity index (χ2v) is 6.37. The molecule has 0 unspecified atom stereocenters. The van der Waals surface area contributed by atoms with Crippen molar-refractivity contribution >= 4 is 17.8 Å². The number of carbonyl (C=O) groups is 3. The minimum Gasteiger partial charge on any atom is -0.461 e. The lowest BCUT2D eigenvalue weighted by molar-refractivity contribution is -0.145. The molecule has 2 aromatic rings. The quantitative estimate of drug-likeness (QED) is 0.328. The smallest absolute Gasteiger partial charge is 0.408 e. The van der Waals surface area contributed by atoms with Gasteiger partial charge >= 0.3 is 12.1 Å². The lowest BCUT2D eigenvalue weighted by atomic mass is 10.1. The van der Waals surface area contributed by atoms with Gasteiger partial charge in [-0.2, -0.15) is 0 Å². The Morgan fingerprint density at radius 2 is 1.50 bits per heavy atom. The highest BCUT2D eigenvalue weighted by Crippen LogP contribution is 2.05. The van der Waals surface area contributed by atoms with Crippen LogP contribution in [-0.4, -0.2) is 37.1 Å². The Balaban J connectivity index is 1.90. The highest BCUT2D eigenvalue weighted by molar-refractivity contribution is 5.99. The van der Waals surface area contributed by atoms with Gasteiger partial charge in [0, 0.05) is 0 Å². The van der Waals surface area contributed by atoms with Crippen molar-refractivity contribution in [3.05, 3.63) is 84.4 Å². The maximum Gasteiger partial charge on any atom is 0.408 e. The molecule has 2 aromatic carbocycles. The van der Waals surface area contributed by atoms with Crippen LogP contribution < -0.4 is 5.32 Å². The van der Waals surface area contributed by atoms with Crippen molar-refractivity contribution in [2.75, 3.05) is 13.2 Å². The maximum atomic E-state index is 12.5. The van der Waals surface area contributed by atoms with Gasteiger partial charge in [0.25, 0.3) is 0 Å². The van der Waals surface area contributed by atoms with Gasteiger partial charge in [0.1, 0.15) is 25.7 Å². The molecule has 0 bridgehead atoms. The van der Waals surface area contributed by atoms with Crippen LogP contribution in [0.1, 0.15) is 17.5 Å². The van der Waals surface area contributed by atoms with E-state index in [0.29, 0.717) is 0 Å². The molecule has 0 aliphatic carbocycles. The van der Waals surface area contributed by atoms with E-state index in [1.165, 1.54) is 6.08 Å². The van der Waals surface area contributed by atoms with Crippen LogP contribution in [0.3, 0.4) is 0 Å². The highest BCUT2D eigenvalue weighted by Gasteiger charge is 2.24. The molecule has 0 aliphatic heterocycles. The molecule has 158 valence electrons. The van der Waals surface area contributed by atoms with E-state index in [1.807, 2.05) is 60.7 Å². The fourth-order valence-electron chi connectivity index (χ4n) is 2.46. The normalized spacial score (nSPS) is 11.2. The number of nitrogens with one attached hydrogen (secondary N) is 1. The van der Waals surface area contributed by atoms with E-state index in [4.69, 9.17) is 14.2 Å². The number of rotatable bonds is 12. The van der Waals surface area contributed by atoms with Gasteiger partial charge in [-0.3, -0.25) is 9.59 Å². The Labute approximate surface area is 175 Å². The van der Waals surface area contributed by atoms with Crippen molar-refractivity contribution in [3.63, 3.8) is 0 Å². The zero-order valence-corrected chi connectivity index (χ0v) is 16.6. The summed E-state index contributed by atoms with van der Waals surface area (Å²) in [5, 5.41) is 2.47. The zero-order valence-electron chi connectivity index (χ0n) is 16.6. The lowest BCUT2D eigenvalue weighted by Gasteiger charge is -2.17. The molecule has 2 rings (SSSR count). The molecule has 30 heavy (non-hydrogen) atoms. The number of hydrogen-bond donors (Lipinski definition) is 1. The van der Waals surface area contributed by atoms with E-state index in [9.17, 15) is 14.4 Å². The molecule has 7 heteroatoms. The van der Waals surface area contributed by atoms with Gasteiger partial charge < -0.3 is 19.5 Å². The van der Waals surface area contributed by atoms with Crippen LogP contribution in [0.5, 0.6) is 0 Å². The summed E-state index contributed by atoms with van der Waals surface area (Å²) < 4.78 is 15.6. The van der Waals surface area contributed by atoms with Crippen LogP contribution in [0.4, 0.5) is 4.79 Å². The number of esters is 1. The Kier molecular flexibility index (Phi) is 9.82. The number of hydrogen-bond acceptors (Lipinski definition) is 6. The molecule has 0 saturated heterocycles. The van der Waals surface area contributed by atoms with Crippen molar-refractivity contribution in [2.45, 2.75) is 25.7 Å². The molecule has 0 heterocycles. The summed E-state index contributed by atoms with van der Waals surface area (Å²) in [5.41, 5.74) is 1.73. The Hall–Kier alpha value is -3.45. The van der Waals surface area contributed by atoms with Crippen molar-refractivity contribution in [1.82, 2.24) is 5.32 Å². The fraction of sp³-hybridized carbons (Fsp3) is 0.261. The molecule has 1 amide bonds. The highest BCUT2D eigenvalue weighted by atomic mass is 16.5. The van der Waals surface area contributed by atoms with Gasteiger partial charge in [0.2, 0.25) is 0 Å². The molecule has 0 aliphatic rings. The largest absolute Gasteiger partial charge is 0.461 e. The van der Waals surface area contributed by atoms with E-state index in [-0.39, 0.29) is 26.4 Å². The van der Waals surface area contributed by atoms with E-state index < -0.39 is 30.3 Å². The van der Waals surface area contributed by atoms with Gasteiger partial charge in [-0.1, -0.05) is 73.3 Å². The lowest BCUT2D eigenvalue weighted by Crippen LogP contribution is -2.45. The number of carbonyl (C=O) groups excluding carboxylic acids is 3. The summed E-state index contributed by atoms with van der Waals surface area (Å²) in [5.74, 6) is -1.24. The second-order valence-electron chi connectivity index (χ2n) is 6.37. The molecular weight excluding hydrogens is 386 g/mol. The molecule has 7 nitrogen and oxygen atoms in total. The SMILES string of the molecule is C=CCOC(=O)CC(=O)[C@H](COCc1ccccc1)NC(=O)OCc1ccccc1. The predicted octanol–water partition coefficient (Wildman–Crippen LogP) is 3.19. The van der Waals surface area contributed by atoms with E-state index >= 15 is 0 Å². The van der Waals surface area contributed by atoms with Gasteiger partial charge in [-0.05, 0) is 11.1 Å². The summed E-state index contributed by atoms with van der Waals surface area (Å²) >= 11 is 0. The van der Waals surface area contributed by atoms with Crippen LogP contribution in [0.2, 0.25) is 0 Å². The predicted molar refractivity (Wildman–Crippen MR) is 110 cm³/mol. The minimum absolute atomic E-state index is 0.00777. The Bertz CT molecular complexity index is 822. The molecule has 0 aromatic heterocycles. The first-order valence-electron chi connectivity index (χ1n) is 9.46. The van der Waals surface area contributed by atoms with Gasteiger partial charge in [0.15, 0.2) is 5.78 Å². The number of ketones is 1. The number of benzene rings is 2. The summed E-state index contributed by atoms with van der Waals surface area (Å²) in [6, 6.07) is 17.5. The van der Waals surface area contributed by atoms with Crippen LogP contribution in [-0.2, 0) is 37.0 Å². The summed E-state index contributed by atoms with van der Waals surface area (Å²) in [7, 11) is 0. The summed E-state index contributed by atoms with van der Waals surface area (Å²) in [6.07, 6.45) is 0.133. The molecule has 0 saturated carbocycles. The molecule has 0 radical (unpaired) electrons. The number of amides is 1. The van der Waals surface area contributed by atoms with Crippen LogP contribution >= 0.6 is 0 Å². The third-order valence-corrected chi connectivity index (χ3v) is 3.97. The first kappa shape index (κ1) is 22.8. The van der Waals surface area contributed by atoms with Crippen LogP contribution in [0, 0.1) is 0 Å². The van der Waals surface area contributed by atoms with Gasteiger partial charge in [-0.25, -0.2) is 4.79 Å². The van der Waals surface area contributed by atoms with Crippen molar-refractivity contribution in [2.24, 2.45) is 0 Å². The summed E-state index contributed by atoms with van der Waals surface area (Å²) in [6.45, 7) is 3.66. The van der Waals surface area contributed by atoms with Crippen LogP contribution in [0.15, 0.2) is 73.3 Å². The monoisotopic (exact) mass is 411 g/mol. The first-order valence-corrected chi connectivity index (χ1v) is 9.46. The second kappa shape index (κ2) is 12.9. The zero-order chi connectivity index (χ0) is 21.6. The third-order valence-electron chi connectivity index (χ3n) is 3.97. The molecule has 0 spiro atoms. The number of ether oxygens (including phenoxy) is 3. The molecular formula is C23H25NO6. The van der Waals surface area contributed by atoms with Crippen molar-refractivity contribution in [1.29, 1.82) is 0 Å². The van der Waals surface area contributed by atoms with Crippen LogP contribution in [0.25, 0.3) is 0 Å².